The van der Waals surface area contributed by atoms with Crippen molar-refractivity contribution in [3.05, 3.63) is 0 Å². The molecular weight excluding hydrogens is 569 g/mol. The molecule has 246 valence electrons. The molecule has 16 heteroatoms. The standard InChI is InChI=1S/C27H48BN3O12/c1-7-5-11(30)22(42-25-13(28)17(34)24-20(40-25)8(2)9(3)37-24)23(15(7)32)43-27-19(36)21(10(4)38-27)41-26-14(31)18(35)16(33)12(6-29)39-26/h7-27,32-36H,5-6,29-31H2,1-4H3/t7-,8?,9?,10-,11?,12+,13?,14?,15?,16-,17-,18?,19?,20?,21+,22-,23-,24+,25-,26-,27+/m1/s1/i4D. The highest BCUT2D eigenvalue weighted by Gasteiger charge is 2.55. The molecule has 0 amide bonds. The third-order valence-corrected chi connectivity index (χ3v) is 9.75. The number of nitrogens with two attached hydrogens (primary N) is 3. The summed E-state index contributed by atoms with van der Waals surface area (Å²) in [6.07, 6.45) is -16.3. The summed E-state index contributed by atoms with van der Waals surface area (Å²) in [6, 6.07) is -1.83. The number of fused-ring (bicyclic) bond motifs is 1. The van der Waals surface area contributed by atoms with Gasteiger partial charge in [-0.2, -0.15) is 0 Å². The number of aliphatic hydroxyl groups excluding tert-OH is 5. The van der Waals surface area contributed by atoms with Crippen LogP contribution in [0, 0.1) is 11.8 Å². The minimum Gasteiger partial charge on any atom is -0.391 e. The molecule has 21 atom stereocenters. The summed E-state index contributed by atoms with van der Waals surface area (Å²) in [5, 5.41) is 53.9. The topological polar surface area (TPSA) is 244 Å². The maximum absolute atomic E-state index is 11.3. The van der Waals surface area contributed by atoms with E-state index in [1.54, 1.807) is 6.92 Å². The van der Waals surface area contributed by atoms with Gasteiger partial charge in [-0.3, -0.25) is 0 Å². The van der Waals surface area contributed by atoms with Gasteiger partial charge in [0.25, 0.3) is 0 Å². The monoisotopic (exact) mass is 618 g/mol. The molecule has 0 aromatic carbocycles. The fraction of sp³-hybridized carbons (Fsp3) is 1.00. The van der Waals surface area contributed by atoms with Crippen LogP contribution >= 0.6 is 0 Å². The predicted octanol–water partition coefficient (Wildman–Crippen LogP) is -3.83. The lowest BCUT2D eigenvalue weighted by Crippen LogP contribution is -2.64. The van der Waals surface area contributed by atoms with Gasteiger partial charge in [-0.05, 0) is 26.2 Å². The fourth-order valence-corrected chi connectivity index (χ4v) is 6.76. The molecule has 1 aliphatic carbocycles. The van der Waals surface area contributed by atoms with E-state index < -0.39 is 110 Å². The molecule has 9 unspecified atom stereocenters. The van der Waals surface area contributed by atoms with E-state index in [4.69, 9.17) is 59.6 Å². The van der Waals surface area contributed by atoms with Gasteiger partial charge in [-0.25, -0.2) is 0 Å². The van der Waals surface area contributed by atoms with Gasteiger partial charge in [0, 0.05) is 25.7 Å². The minimum absolute atomic E-state index is 0.0440. The summed E-state index contributed by atoms with van der Waals surface area (Å²) in [6.45, 7) is 5.17. The Balaban J connectivity index is 1.31. The van der Waals surface area contributed by atoms with Crippen molar-refractivity contribution < 1.29 is 60.1 Å². The Hall–Kier alpha value is -0.535. The van der Waals surface area contributed by atoms with Gasteiger partial charge in [-0.1, -0.05) is 13.8 Å². The van der Waals surface area contributed by atoms with Gasteiger partial charge in [0.15, 0.2) is 18.9 Å². The summed E-state index contributed by atoms with van der Waals surface area (Å²) >= 11 is 0. The van der Waals surface area contributed by atoms with Crippen LogP contribution in [0.25, 0.3) is 0 Å². The van der Waals surface area contributed by atoms with Gasteiger partial charge < -0.3 is 75.9 Å². The number of hydrogen-bond donors (Lipinski definition) is 8. The Morgan fingerprint density at radius 2 is 1.42 bits per heavy atom. The van der Waals surface area contributed by atoms with E-state index in [1.165, 1.54) is 0 Å². The van der Waals surface area contributed by atoms with Crippen molar-refractivity contribution in [3.63, 3.8) is 0 Å². The Labute approximate surface area is 254 Å². The Kier molecular flexibility index (Phi) is 10.0. The van der Waals surface area contributed by atoms with Crippen molar-refractivity contribution in [1.82, 2.24) is 0 Å². The number of ether oxygens (including phenoxy) is 7. The van der Waals surface area contributed by atoms with Crippen LogP contribution in [0.5, 0.6) is 0 Å². The first-order valence-electron chi connectivity index (χ1n) is 15.7. The first-order chi connectivity index (χ1) is 20.8. The minimum atomic E-state index is -1.49. The van der Waals surface area contributed by atoms with Crippen molar-refractivity contribution in [2.75, 3.05) is 6.54 Å². The van der Waals surface area contributed by atoms with Gasteiger partial charge in [0.1, 0.15) is 48.8 Å². The molecule has 5 aliphatic rings. The van der Waals surface area contributed by atoms with Crippen LogP contribution in [0.3, 0.4) is 0 Å². The van der Waals surface area contributed by atoms with Crippen LogP contribution in [0.15, 0.2) is 0 Å². The van der Waals surface area contributed by atoms with Gasteiger partial charge in [0.2, 0.25) is 0 Å². The maximum Gasteiger partial charge on any atom is 0.187 e. The lowest BCUT2D eigenvalue weighted by Gasteiger charge is -2.47. The van der Waals surface area contributed by atoms with Crippen molar-refractivity contribution in [2.24, 2.45) is 29.0 Å². The molecule has 43 heavy (non-hydrogen) atoms. The highest BCUT2D eigenvalue weighted by atomic mass is 16.8. The van der Waals surface area contributed by atoms with Gasteiger partial charge in [0.05, 0.1) is 44.4 Å². The zero-order valence-corrected chi connectivity index (χ0v) is 24.6. The molecule has 0 bridgehead atoms. The van der Waals surface area contributed by atoms with E-state index in [2.05, 4.69) is 0 Å². The van der Waals surface area contributed by atoms with E-state index in [0.29, 0.717) is 6.42 Å². The SMILES string of the molecule is [2H]C[C@H]1O[C@@H](O[C@@H]2C(O)[C@H](C)CC(N)[C@H]2O[C@H]2OC3C(C)C(C)O[C@H]3[C@H](O)C2[B])C(O)[C@H]1O[C@H]1O[C@@H](CN)[C@@H](O)C(O)C1N. The lowest BCUT2D eigenvalue weighted by molar-refractivity contribution is -0.301. The molecule has 15 nitrogen and oxygen atoms in total. The number of hydrogen-bond acceptors (Lipinski definition) is 15. The van der Waals surface area contributed by atoms with Gasteiger partial charge in [-0.15, -0.1) is 0 Å². The largest absolute Gasteiger partial charge is 0.391 e. The summed E-state index contributed by atoms with van der Waals surface area (Å²) < 4.78 is 49.9. The van der Waals surface area contributed by atoms with E-state index in [1.807, 2.05) is 13.8 Å². The summed E-state index contributed by atoms with van der Waals surface area (Å²) in [7, 11) is 6.33. The Bertz CT molecular complexity index is 966. The lowest BCUT2D eigenvalue weighted by atomic mass is 9.75. The molecule has 0 spiro atoms. The molecule has 4 aliphatic heterocycles. The quantitative estimate of drug-likeness (QED) is 0.127. The second-order valence-corrected chi connectivity index (χ2v) is 12.7. The van der Waals surface area contributed by atoms with Crippen LogP contribution in [-0.4, -0.2) is 150 Å². The van der Waals surface area contributed by atoms with Crippen LogP contribution in [0.1, 0.15) is 35.5 Å². The normalized spacial score (nSPS) is 57.8. The van der Waals surface area contributed by atoms with Crippen molar-refractivity contribution in [1.29, 1.82) is 0 Å². The number of aliphatic hydroxyl groups is 5. The zero-order valence-electron chi connectivity index (χ0n) is 25.6. The average Bonchev–Trinajstić information content (AvgIpc) is 3.45. The van der Waals surface area contributed by atoms with Crippen LogP contribution in [0.2, 0.25) is 5.82 Å². The molecule has 5 rings (SSSR count). The third-order valence-electron chi connectivity index (χ3n) is 9.75. The summed E-state index contributed by atoms with van der Waals surface area (Å²) in [5.41, 5.74) is 18.2. The molecule has 0 aromatic heterocycles. The van der Waals surface area contributed by atoms with E-state index in [0.717, 1.165) is 0 Å². The van der Waals surface area contributed by atoms with Crippen LogP contribution < -0.4 is 17.2 Å². The molecule has 11 N–H and O–H groups in total. The maximum atomic E-state index is 11.3. The van der Waals surface area contributed by atoms with Crippen LogP contribution in [0.4, 0.5) is 0 Å². The molecule has 4 heterocycles. The first kappa shape index (κ1) is 32.4. The molecule has 4 saturated heterocycles. The van der Waals surface area contributed by atoms with E-state index >= 15 is 0 Å². The fourth-order valence-electron chi connectivity index (χ4n) is 6.76. The Morgan fingerprint density at radius 3 is 2.09 bits per heavy atom. The predicted molar refractivity (Wildman–Crippen MR) is 148 cm³/mol. The van der Waals surface area contributed by atoms with Crippen LogP contribution in [-0.2, 0) is 33.2 Å². The van der Waals surface area contributed by atoms with E-state index in [9.17, 15) is 25.5 Å². The molecule has 5 fully saturated rings. The molecular formula is C27H48BN3O12. The zero-order chi connectivity index (χ0) is 32.2. The second kappa shape index (κ2) is 13.3. The van der Waals surface area contributed by atoms with Crippen molar-refractivity contribution in [3.8, 4) is 0 Å². The van der Waals surface area contributed by atoms with E-state index in [-0.39, 0.29) is 31.4 Å². The molecule has 1 saturated carbocycles. The third kappa shape index (κ3) is 6.27. The smallest absolute Gasteiger partial charge is 0.187 e. The van der Waals surface area contributed by atoms with Crippen molar-refractivity contribution >= 4 is 7.85 Å². The number of rotatable bonds is 7. The first-order valence-corrected chi connectivity index (χ1v) is 15.0. The highest BCUT2D eigenvalue weighted by molar-refractivity contribution is 6.12. The molecule has 0 aromatic rings. The van der Waals surface area contributed by atoms with Crippen molar-refractivity contribution in [2.45, 2.75) is 150 Å². The average molecular weight is 619 g/mol. The summed E-state index contributed by atoms with van der Waals surface area (Å²) in [4.78, 5) is 0. The molecule has 2 radical (unpaired) electrons. The second-order valence-electron chi connectivity index (χ2n) is 12.7. The highest BCUT2D eigenvalue weighted by Crippen LogP contribution is 2.42. The Morgan fingerprint density at radius 1 is 0.744 bits per heavy atom. The van der Waals surface area contributed by atoms with Gasteiger partial charge >= 0.3 is 0 Å². The summed E-state index contributed by atoms with van der Waals surface area (Å²) in [5.74, 6) is -1.34.